The van der Waals surface area contributed by atoms with E-state index in [0.717, 1.165) is 46.6 Å². The Bertz CT molecular complexity index is 1330. The lowest BCUT2D eigenvalue weighted by Gasteiger charge is -2.27. The number of fused-ring (bicyclic) bond motifs is 4. The second-order valence-electron chi connectivity index (χ2n) is 8.66. The highest BCUT2D eigenvalue weighted by molar-refractivity contribution is 5.97. The lowest BCUT2D eigenvalue weighted by atomic mass is 9.97. The highest BCUT2D eigenvalue weighted by atomic mass is 16.4. The van der Waals surface area contributed by atoms with Gasteiger partial charge in [-0.2, -0.15) is 0 Å². The summed E-state index contributed by atoms with van der Waals surface area (Å²) in [7, 11) is 5.84. The fourth-order valence-electron chi connectivity index (χ4n) is 4.64. The van der Waals surface area contributed by atoms with Crippen LogP contribution >= 0.6 is 0 Å². The quantitative estimate of drug-likeness (QED) is 0.497. The van der Waals surface area contributed by atoms with Crippen LogP contribution in [-0.4, -0.2) is 51.7 Å². The van der Waals surface area contributed by atoms with Crippen LogP contribution in [0.3, 0.4) is 0 Å². The molecule has 1 saturated carbocycles. The Balaban J connectivity index is 1.54. The highest BCUT2D eigenvalue weighted by Crippen LogP contribution is 2.54. The van der Waals surface area contributed by atoms with E-state index < -0.39 is 0 Å². The summed E-state index contributed by atoms with van der Waals surface area (Å²) in [5.41, 5.74) is 5.29. The lowest BCUT2D eigenvalue weighted by molar-refractivity contribution is 0.0705. The van der Waals surface area contributed by atoms with Crippen molar-refractivity contribution < 1.29 is 9.21 Å². The molecular formula is C24H22N6O2. The van der Waals surface area contributed by atoms with E-state index in [-0.39, 0.29) is 11.4 Å². The van der Waals surface area contributed by atoms with E-state index in [1.807, 2.05) is 60.0 Å². The van der Waals surface area contributed by atoms with Crippen molar-refractivity contribution in [2.24, 2.45) is 0 Å². The number of aromatic nitrogens is 4. The number of hydrogen-bond donors (Lipinski definition) is 0. The molecule has 6 rings (SSSR count). The summed E-state index contributed by atoms with van der Waals surface area (Å²) < 4.78 is 7.35. The molecule has 0 unspecified atom stereocenters. The first kappa shape index (κ1) is 18.8. The van der Waals surface area contributed by atoms with Gasteiger partial charge in [0.15, 0.2) is 0 Å². The zero-order valence-electron chi connectivity index (χ0n) is 18.1. The average Bonchev–Trinajstić information content (AvgIpc) is 3.23. The topological polar surface area (TPSA) is 80.3 Å². The molecule has 160 valence electrons. The third-order valence-electron chi connectivity index (χ3n) is 6.61. The highest BCUT2D eigenvalue weighted by Gasteiger charge is 2.53. The molecular weight excluding hydrogens is 404 g/mol. The van der Waals surface area contributed by atoms with Crippen LogP contribution < -0.4 is 4.90 Å². The van der Waals surface area contributed by atoms with Gasteiger partial charge in [0.1, 0.15) is 11.5 Å². The normalized spacial score (nSPS) is 16.0. The largest absolute Gasteiger partial charge is 0.423 e. The molecule has 1 spiro atoms. The first-order valence-electron chi connectivity index (χ1n) is 10.5. The van der Waals surface area contributed by atoms with Crippen LogP contribution in [0.2, 0.25) is 0 Å². The summed E-state index contributed by atoms with van der Waals surface area (Å²) in [5, 5.41) is 7.79. The van der Waals surface area contributed by atoms with E-state index in [1.54, 1.807) is 0 Å². The number of hydrogen-bond acceptors (Lipinski definition) is 6. The van der Waals surface area contributed by atoms with Crippen molar-refractivity contribution in [2.45, 2.75) is 18.4 Å². The van der Waals surface area contributed by atoms with E-state index in [1.165, 1.54) is 6.39 Å². The molecule has 2 aliphatic rings. The van der Waals surface area contributed by atoms with Crippen LogP contribution in [-0.2, 0) is 5.54 Å². The monoisotopic (exact) mass is 426 g/mol. The maximum Gasteiger partial charge on any atom is 0.271 e. The number of carbonyl (C=O) groups is 1. The summed E-state index contributed by atoms with van der Waals surface area (Å²) in [4.78, 5) is 21.8. The molecule has 0 bridgehead atoms. The molecule has 4 heterocycles. The maximum absolute atomic E-state index is 13.4. The number of benzene rings is 1. The first-order chi connectivity index (χ1) is 15.5. The van der Waals surface area contributed by atoms with Crippen molar-refractivity contribution in [3.63, 3.8) is 0 Å². The molecule has 0 N–H and O–H groups in total. The summed E-state index contributed by atoms with van der Waals surface area (Å²) in [6.07, 6.45) is 7.01. The van der Waals surface area contributed by atoms with Gasteiger partial charge in [0, 0.05) is 44.7 Å². The van der Waals surface area contributed by atoms with Crippen LogP contribution in [0.15, 0.2) is 59.6 Å². The van der Waals surface area contributed by atoms with Crippen LogP contribution in [0.25, 0.3) is 28.3 Å². The molecule has 8 heteroatoms. The van der Waals surface area contributed by atoms with Gasteiger partial charge in [0.2, 0.25) is 12.3 Å². The van der Waals surface area contributed by atoms with Crippen LogP contribution in [0.5, 0.6) is 0 Å². The molecule has 0 saturated heterocycles. The van der Waals surface area contributed by atoms with Crippen molar-refractivity contribution in [2.75, 3.05) is 26.0 Å². The van der Waals surface area contributed by atoms with Crippen molar-refractivity contribution in [3.05, 3.63) is 66.4 Å². The molecule has 1 aliphatic carbocycles. The molecule has 1 aliphatic heterocycles. The molecule has 1 fully saturated rings. The second-order valence-corrected chi connectivity index (χ2v) is 8.66. The van der Waals surface area contributed by atoms with E-state index in [9.17, 15) is 4.79 Å². The molecule has 4 aromatic rings. The van der Waals surface area contributed by atoms with Crippen LogP contribution in [0.1, 0.15) is 28.9 Å². The van der Waals surface area contributed by atoms with Gasteiger partial charge in [-0.3, -0.25) is 4.79 Å². The van der Waals surface area contributed by atoms with E-state index in [2.05, 4.69) is 39.4 Å². The van der Waals surface area contributed by atoms with Gasteiger partial charge in [-0.15, -0.1) is 10.2 Å². The molecule has 8 nitrogen and oxygen atoms in total. The number of nitrogens with zero attached hydrogens (tertiary/aromatic N) is 6. The zero-order chi connectivity index (χ0) is 22.0. The van der Waals surface area contributed by atoms with Crippen LogP contribution in [0, 0.1) is 0 Å². The number of carbonyl (C=O) groups excluding carboxylic acids is 1. The third kappa shape index (κ3) is 2.62. The Kier molecular flexibility index (Phi) is 3.83. The smallest absolute Gasteiger partial charge is 0.271 e. The Morgan fingerprint density at radius 2 is 1.88 bits per heavy atom. The Morgan fingerprint density at radius 1 is 1.06 bits per heavy atom. The molecule has 3 aromatic heterocycles. The van der Waals surface area contributed by atoms with Crippen molar-refractivity contribution in [1.29, 1.82) is 0 Å². The Hall–Kier alpha value is -3.94. The number of rotatable bonds is 3. The summed E-state index contributed by atoms with van der Waals surface area (Å²) >= 11 is 0. The molecule has 32 heavy (non-hydrogen) atoms. The van der Waals surface area contributed by atoms with Gasteiger partial charge in [-0.05, 0) is 42.7 Å². The molecule has 1 amide bonds. The van der Waals surface area contributed by atoms with E-state index in [4.69, 9.17) is 4.42 Å². The van der Waals surface area contributed by atoms with E-state index >= 15 is 0 Å². The molecule has 0 radical (unpaired) electrons. The minimum Gasteiger partial charge on any atom is -0.423 e. The number of anilines is 1. The van der Waals surface area contributed by atoms with Crippen molar-refractivity contribution >= 4 is 11.7 Å². The minimum atomic E-state index is -0.248. The zero-order valence-corrected chi connectivity index (χ0v) is 18.1. The van der Waals surface area contributed by atoms with Gasteiger partial charge in [-0.1, -0.05) is 12.1 Å². The van der Waals surface area contributed by atoms with Gasteiger partial charge in [0.25, 0.3) is 5.91 Å². The van der Waals surface area contributed by atoms with Gasteiger partial charge >= 0.3 is 0 Å². The van der Waals surface area contributed by atoms with Crippen LogP contribution in [0.4, 0.5) is 5.82 Å². The third-order valence-corrected chi connectivity index (χ3v) is 6.61. The number of pyridine rings is 1. The predicted octanol–water partition coefficient (Wildman–Crippen LogP) is 3.73. The first-order valence-corrected chi connectivity index (χ1v) is 10.5. The summed E-state index contributed by atoms with van der Waals surface area (Å²) in [5.74, 6) is 1.29. The average molecular weight is 426 g/mol. The summed E-state index contributed by atoms with van der Waals surface area (Å²) in [6.45, 7) is 0. The predicted molar refractivity (Wildman–Crippen MR) is 120 cm³/mol. The fourth-order valence-corrected chi connectivity index (χ4v) is 4.64. The Morgan fingerprint density at radius 3 is 2.53 bits per heavy atom. The molecule has 0 atom stereocenters. The van der Waals surface area contributed by atoms with Crippen molar-refractivity contribution in [1.82, 2.24) is 24.6 Å². The van der Waals surface area contributed by atoms with Gasteiger partial charge in [-0.25, -0.2) is 4.98 Å². The second kappa shape index (κ2) is 6.53. The van der Waals surface area contributed by atoms with Gasteiger partial charge in [0.05, 0.1) is 16.8 Å². The van der Waals surface area contributed by atoms with Crippen molar-refractivity contribution in [3.8, 4) is 28.3 Å². The minimum absolute atomic E-state index is 0.0111. The number of amides is 1. The fraction of sp³-hybridized carbons (Fsp3) is 0.250. The standard InChI is InChI=1S/C24H22N6O2/c1-28(2)21-7-5-16(12-25-21)15-4-6-18-19(10-15)30-13-17(22-27-26-14-32-22)11-20(30)23(31)29(3)24(18)8-9-24/h4-7,10-14H,8-9H2,1-3H3. The summed E-state index contributed by atoms with van der Waals surface area (Å²) in [6, 6.07) is 12.3. The Labute approximate surface area is 185 Å². The molecule has 1 aromatic carbocycles. The maximum atomic E-state index is 13.4. The SMILES string of the molecule is CN(C)c1ccc(-c2ccc3c(c2)-n2cc(-c4nnco4)cc2C(=O)N(C)C32CC2)cn1. The van der Waals surface area contributed by atoms with E-state index in [0.29, 0.717) is 11.6 Å². The lowest BCUT2D eigenvalue weighted by Crippen LogP contribution is -2.36. The van der Waals surface area contributed by atoms with Gasteiger partial charge < -0.3 is 18.8 Å².